The maximum absolute atomic E-state index is 9.01. The van der Waals surface area contributed by atoms with Crippen LogP contribution in [0.4, 0.5) is 0 Å². The fourth-order valence-electron chi connectivity index (χ4n) is 1.53. The van der Waals surface area contributed by atoms with Crippen molar-refractivity contribution in [3.05, 3.63) is 33.1 Å². The molecule has 0 bridgehead atoms. The van der Waals surface area contributed by atoms with Gasteiger partial charge in [-0.05, 0) is 24.6 Å². The largest absolute Gasteiger partial charge is 0.496 e. The van der Waals surface area contributed by atoms with Gasteiger partial charge in [0.2, 0.25) is 0 Å². The minimum atomic E-state index is -0.0490. The molecule has 2 rings (SSSR count). The molecule has 0 amide bonds. The van der Waals surface area contributed by atoms with Gasteiger partial charge in [0.05, 0.1) is 19.4 Å². The van der Waals surface area contributed by atoms with Crippen molar-refractivity contribution in [2.24, 2.45) is 0 Å². The lowest BCUT2D eigenvalue weighted by atomic mass is 10.1. The first-order valence-electron chi connectivity index (χ1n) is 5.05. The first kappa shape index (κ1) is 12.4. The quantitative estimate of drug-likeness (QED) is 0.930. The molecule has 3 nitrogen and oxygen atoms in total. The lowest BCUT2D eigenvalue weighted by Gasteiger charge is -2.08. The molecule has 5 heteroatoms. The summed E-state index contributed by atoms with van der Waals surface area (Å²) >= 11 is 7.52. The molecule has 0 atom stereocenters. The number of aliphatic hydroxyl groups is 1. The Morgan fingerprint density at radius 3 is 2.82 bits per heavy atom. The zero-order valence-corrected chi connectivity index (χ0v) is 11.1. The number of hydrogen-bond donors (Lipinski definition) is 1. The molecule has 1 heterocycles. The molecule has 1 aromatic heterocycles. The second-order valence-electron chi connectivity index (χ2n) is 3.59. The average molecular weight is 270 g/mol. The minimum Gasteiger partial charge on any atom is -0.496 e. The molecular formula is C12H12ClNO2S. The smallest absolute Gasteiger partial charge is 0.128 e. The van der Waals surface area contributed by atoms with Crippen LogP contribution in [-0.4, -0.2) is 17.2 Å². The van der Waals surface area contributed by atoms with Crippen molar-refractivity contribution < 1.29 is 9.84 Å². The number of halogens is 1. The number of thiazole rings is 1. The second-order valence-corrected chi connectivity index (χ2v) is 4.94. The van der Waals surface area contributed by atoms with Crippen LogP contribution in [0.25, 0.3) is 11.3 Å². The third kappa shape index (κ3) is 2.44. The van der Waals surface area contributed by atoms with Gasteiger partial charge in [-0.25, -0.2) is 4.98 Å². The van der Waals surface area contributed by atoms with E-state index < -0.39 is 0 Å². The van der Waals surface area contributed by atoms with Gasteiger partial charge >= 0.3 is 0 Å². The molecule has 90 valence electrons. The number of aliphatic hydroxyl groups excluding tert-OH is 1. The Morgan fingerprint density at radius 1 is 1.47 bits per heavy atom. The van der Waals surface area contributed by atoms with Gasteiger partial charge in [-0.15, -0.1) is 11.3 Å². The van der Waals surface area contributed by atoms with Crippen molar-refractivity contribution in [1.29, 1.82) is 0 Å². The van der Waals surface area contributed by atoms with Crippen molar-refractivity contribution in [3.8, 4) is 17.0 Å². The van der Waals surface area contributed by atoms with Crippen LogP contribution in [0, 0.1) is 6.92 Å². The number of hydrogen-bond acceptors (Lipinski definition) is 4. The van der Waals surface area contributed by atoms with Crippen LogP contribution in [0.15, 0.2) is 17.5 Å². The highest BCUT2D eigenvalue weighted by molar-refractivity contribution is 7.09. The normalized spacial score (nSPS) is 10.6. The van der Waals surface area contributed by atoms with Crippen molar-refractivity contribution >= 4 is 22.9 Å². The fraction of sp³-hybridized carbons (Fsp3) is 0.250. The third-order valence-electron chi connectivity index (χ3n) is 2.44. The number of nitrogens with zero attached hydrogens (tertiary/aromatic N) is 1. The number of aromatic nitrogens is 1. The van der Waals surface area contributed by atoms with E-state index in [1.54, 1.807) is 7.11 Å². The van der Waals surface area contributed by atoms with Gasteiger partial charge in [-0.1, -0.05) is 11.6 Å². The van der Waals surface area contributed by atoms with E-state index in [1.165, 1.54) is 11.3 Å². The van der Waals surface area contributed by atoms with E-state index in [2.05, 4.69) is 4.98 Å². The molecule has 1 N–H and O–H groups in total. The molecule has 0 unspecified atom stereocenters. The molecule has 0 aliphatic carbocycles. The standard InChI is InChI=1S/C12H12ClNO2S/c1-7-3-11(16-2)8(4-9(7)13)10-6-17-12(5-15)14-10/h3-4,6,15H,5H2,1-2H3. The van der Waals surface area contributed by atoms with Crippen LogP contribution < -0.4 is 4.74 Å². The molecule has 0 aliphatic rings. The van der Waals surface area contributed by atoms with Crippen molar-refractivity contribution in [2.75, 3.05) is 7.11 Å². The summed E-state index contributed by atoms with van der Waals surface area (Å²) in [6, 6.07) is 3.72. The second kappa shape index (κ2) is 5.04. The predicted molar refractivity (Wildman–Crippen MR) is 69.8 cm³/mol. The Bertz CT molecular complexity index is 539. The third-order valence-corrected chi connectivity index (χ3v) is 3.68. The Morgan fingerprint density at radius 2 is 2.24 bits per heavy atom. The van der Waals surface area contributed by atoms with E-state index >= 15 is 0 Å². The van der Waals surface area contributed by atoms with Gasteiger partial charge in [0.25, 0.3) is 0 Å². The maximum atomic E-state index is 9.01. The highest BCUT2D eigenvalue weighted by atomic mass is 35.5. The molecular weight excluding hydrogens is 258 g/mol. The van der Waals surface area contributed by atoms with Crippen molar-refractivity contribution in [3.63, 3.8) is 0 Å². The van der Waals surface area contributed by atoms with Crippen LogP contribution in [0.3, 0.4) is 0 Å². The number of methoxy groups -OCH3 is 1. The Labute approximate surface area is 109 Å². The average Bonchev–Trinajstić information content (AvgIpc) is 2.80. The van der Waals surface area contributed by atoms with Crippen LogP contribution in [0.2, 0.25) is 5.02 Å². The van der Waals surface area contributed by atoms with Crippen molar-refractivity contribution in [1.82, 2.24) is 4.98 Å². The zero-order valence-electron chi connectivity index (χ0n) is 9.53. The molecule has 0 fully saturated rings. The van der Waals surface area contributed by atoms with Crippen LogP contribution >= 0.6 is 22.9 Å². The monoisotopic (exact) mass is 269 g/mol. The van der Waals surface area contributed by atoms with Crippen LogP contribution in [0.5, 0.6) is 5.75 Å². The topological polar surface area (TPSA) is 42.4 Å². The molecule has 0 radical (unpaired) electrons. The van der Waals surface area contributed by atoms with Gasteiger partial charge < -0.3 is 9.84 Å². The van der Waals surface area contributed by atoms with Crippen LogP contribution in [-0.2, 0) is 6.61 Å². The molecule has 1 aromatic carbocycles. The summed E-state index contributed by atoms with van der Waals surface area (Å²) in [4.78, 5) is 4.31. The summed E-state index contributed by atoms with van der Waals surface area (Å²) in [6.07, 6.45) is 0. The molecule has 0 saturated carbocycles. The summed E-state index contributed by atoms with van der Waals surface area (Å²) in [7, 11) is 1.62. The lowest BCUT2D eigenvalue weighted by molar-refractivity contribution is 0.281. The zero-order chi connectivity index (χ0) is 12.4. The van der Waals surface area contributed by atoms with Gasteiger partial charge in [0, 0.05) is 16.0 Å². The van der Waals surface area contributed by atoms with Gasteiger partial charge in [-0.2, -0.15) is 0 Å². The summed E-state index contributed by atoms with van der Waals surface area (Å²) in [6.45, 7) is 1.88. The Balaban J connectivity index is 2.53. The molecule has 0 aliphatic heterocycles. The summed E-state index contributed by atoms with van der Waals surface area (Å²) in [5, 5.41) is 12.3. The molecule has 17 heavy (non-hydrogen) atoms. The maximum Gasteiger partial charge on any atom is 0.128 e. The summed E-state index contributed by atoms with van der Waals surface area (Å²) in [5.41, 5.74) is 2.58. The first-order chi connectivity index (χ1) is 8.15. The Kier molecular flexibility index (Phi) is 3.66. The highest BCUT2D eigenvalue weighted by Gasteiger charge is 2.12. The van der Waals surface area contributed by atoms with Gasteiger partial charge in [0.15, 0.2) is 0 Å². The summed E-state index contributed by atoms with van der Waals surface area (Å²) < 4.78 is 5.32. The lowest BCUT2D eigenvalue weighted by Crippen LogP contribution is -1.91. The van der Waals surface area contributed by atoms with E-state index in [9.17, 15) is 0 Å². The highest BCUT2D eigenvalue weighted by Crippen LogP contribution is 2.35. The number of ether oxygens (including phenoxy) is 1. The Hall–Kier alpha value is -1.10. The number of benzene rings is 1. The van der Waals surface area contributed by atoms with E-state index in [0.29, 0.717) is 10.0 Å². The number of rotatable bonds is 3. The predicted octanol–water partition coefficient (Wildman–Crippen LogP) is 3.27. The molecule has 2 aromatic rings. The summed E-state index contributed by atoms with van der Waals surface area (Å²) in [5.74, 6) is 0.738. The van der Waals surface area contributed by atoms with E-state index in [4.69, 9.17) is 21.4 Å². The minimum absolute atomic E-state index is 0.0490. The van der Waals surface area contributed by atoms with Crippen LogP contribution in [0.1, 0.15) is 10.6 Å². The van der Waals surface area contributed by atoms with E-state index in [0.717, 1.165) is 22.6 Å². The number of aryl methyl sites for hydroxylation is 1. The van der Waals surface area contributed by atoms with E-state index in [1.807, 2.05) is 24.4 Å². The van der Waals surface area contributed by atoms with Crippen molar-refractivity contribution in [2.45, 2.75) is 13.5 Å². The van der Waals surface area contributed by atoms with Gasteiger partial charge in [0.1, 0.15) is 10.8 Å². The van der Waals surface area contributed by atoms with E-state index in [-0.39, 0.29) is 6.61 Å². The van der Waals surface area contributed by atoms with Gasteiger partial charge in [-0.3, -0.25) is 0 Å². The molecule has 0 saturated heterocycles. The fourth-order valence-corrected chi connectivity index (χ4v) is 2.35. The SMILES string of the molecule is COc1cc(C)c(Cl)cc1-c1csc(CO)n1. The molecule has 0 spiro atoms. The first-order valence-corrected chi connectivity index (χ1v) is 6.31.